The first-order valence-electron chi connectivity index (χ1n) is 6.52. The van der Waals surface area contributed by atoms with Crippen LogP contribution in [0.1, 0.15) is 20.3 Å². The lowest BCUT2D eigenvalue weighted by Gasteiger charge is -2.21. The van der Waals surface area contributed by atoms with Gasteiger partial charge in [-0.3, -0.25) is 9.59 Å². The Balaban J connectivity index is 2.67. The molecular weight excluding hydrogens is 315 g/mol. The number of anilines is 1. The molecule has 5 nitrogen and oxygen atoms in total. The first kappa shape index (κ1) is 17.8. The third kappa shape index (κ3) is 5.91. The van der Waals surface area contributed by atoms with Crippen LogP contribution in [0.2, 0.25) is 10.0 Å². The number of hydrogen-bond donors (Lipinski definition) is 3. The van der Waals surface area contributed by atoms with Gasteiger partial charge in [0.15, 0.2) is 0 Å². The minimum absolute atomic E-state index is 0.0609. The zero-order valence-electron chi connectivity index (χ0n) is 11.8. The van der Waals surface area contributed by atoms with Crippen molar-refractivity contribution >= 4 is 40.7 Å². The van der Waals surface area contributed by atoms with Crippen LogP contribution in [-0.4, -0.2) is 29.6 Å². The predicted octanol–water partition coefficient (Wildman–Crippen LogP) is 2.46. The van der Waals surface area contributed by atoms with Gasteiger partial charge >= 0.3 is 11.8 Å². The zero-order chi connectivity index (χ0) is 16.0. The Bertz CT molecular complexity index is 501. The summed E-state index contributed by atoms with van der Waals surface area (Å²) >= 11 is 11.6. The Labute approximate surface area is 133 Å². The number of amides is 2. The lowest BCUT2D eigenvalue weighted by molar-refractivity contribution is -0.136. The fourth-order valence-corrected chi connectivity index (χ4v) is 2.29. The highest BCUT2D eigenvalue weighted by atomic mass is 35.5. The number of carbonyl (C=O) groups is 2. The Morgan fingerprint density at radius 1 is 1.14 bits per heavy atom. The molecule has 116 valence electrons. The van der Waals surface area contributed by atoms with E-state index in [0.717, 1.165) is 0 Å². The quantitative estimate of drug-likeness (QED) is 0.724. The molecule has 21 heavy (non-hydrogen) atoms. The SMILES string of the molecule is CC(C)C(CCO)NC(=O)C(=O)Nc1cc(Cl)cc(Cl)c1. The molecule has 1 aromatic rings. The first-order chi connectivity index (χ1) is 9.83. The summed E-state index contributed by atoms with van der Waals surface area (Å²) in [5, 5.41) is 14.7. The van der Waals surface area contributed by atoms with Crippen LogP contribution >= 0.6 is 23.2 Å². The number of aliphatic hydroxyl groups excluding tert-OH is 1. The van der Waals surface area contributed by atoms with Crippen LogP contribution in [0.25, 0.3) is 0 Å². The van der Waals surface area contributed by atoms with Gasteiger partial charge in [0.05, 0.1) is 0 Å². The van der Waals surface area contributed by atoms with Crippen LogP contribution in [-0.2, 0) is 9.59 Å². The average Bonchev–Trinajstić information content (AvgIpc) is 2.36. The molecule has 0 fully saturated rings. The largest absolute Gasteiger partial charge is 0.396 e. The van der Waals surface area contributed by atoms with E-state index >= 15 is 0 Å². The number of nitrogens with one attached hydrogen (secondary N) is 2. The second-order valence-electron chi connectivity index (χ2n) is 4.95. The Kier molecular flexibility index (Phi) is 6.95. The summed E-state index contributed by atoms with van der Waals surface area (Å²) in [6.45, 7) is 3.74. The highest BCUT2D eigenvalue weighted by Gasteiger charge is 2.20. The lowest BCUT2D eigenvalue weighted by Crippen LogP contribution is -2.44. The Morgan fingerprint density at radius 2 is 1.71 bits per heavy atom. The van der Waals surface area contributed by atoms with Gasteiger partial charge < -0.3 is 15.7 Å². The normalized spacial score (nSPS) is 12.1. The van der Waals surface area contributed by atoms with Crippen LogP contribution in [0.3, 0.4) is 0 Å². The van der Waals surface area contributed by atoms with Gasteiger partial charge in [0.1, 0.15) is 0 Å². The maximum Gasteiger partial charge on any atom is 0.313 e. The molecule has 0 aliphatic carbocycles. The minimum Gasteiger partial charge on any atom is -0.396 e. The van der Waals surface area contributed by atoms with Crippen LogP contribution in [0, 0.1) is 5.92 Å². The molecule has 0 radical (unpaired) electrons. The van der Waals surface area contributed by atoms with E-state index in [0.29, 0.717) is 22.2 Å². The molecule has 3 N–H and O–H groups in total. The lowest BCUT2D eigenvalue weighted by atomic mass is 10.0. The van der Waals surface area contributed by atoms with Crippen molar-refractivity contribution in [2.45, 2.75) is 26.3 Å². The second kappa shape index (κ2) is 8.22. The van der Waals surface area contributed by atoms with Crippen molar-refractivity contribution in [1.29, 1.82) is 0 Å². The summed E-state index contributed by atoms with van der Waals surface area (Å²) in [6.07, 6.45) is 0.389. The number of rotatable bonds is 5. The van der Waals surface area contributed by atoms with E-state index in [2.05, 4.69) is 10.6 Å². The first-order valence-corrected chi connectivity index (χ1v) is 7.28. The molecule has 0 saturated heterocycles. The van der Waals surface area contributed by atoms with Crippen LogP contribution < -0.4 is 10.6 Å². The van der Waals surface area contributed by atoms with Crippen LogP contribution in [0.4, 0.5) is 5.69 Å². The minimum atomic E-state index is -0.808. The fourth-order valence-electron chi connectivity index (χ4n) is 1.76. The summed E-state index contributed by atoms with van der Waals surface area (Å²) in [5.41, 5.74) is 0.343. The molecule has 7 heteroatoms. The van der Waals surface area contributed by atoms with E-state index in [1.807, 2.05) is 13.8 Å². The van der Waals surface area contributed by atoms with E-state index in [-0.39, 0.29) is 18.6 Å². The van der Waals surface area contributed by atoms with Gasteiger partial charge in [-0.05, 0) is 30.5 Å². The summed E-state index contributed by atoms with van der Waals surface area (Å²) in [4.78, 5) is 23.7. The van der Waals surface area contributed by atoms with E-state index in [1.165, 1.54) is 18.2 Å². The maximum absolute atomic E-state index is 11.8. The zero-order valence-corrected chi connectivity index (χ0v) is 13.3. The number of halogens is 2. The molecule has 0 spiro atoms. The summed E-state index contributed by atoms with van der Waals surface area (Å²) in [5.74, 6) is -1.47. The fraction of sp³-hybridized carbons (Fsp3) is 0.429. The van der Waals surface area contributed by atoms with Gasteiger partial charge in [0.25, 0.3) is 0 Å². The molecule has 1 unspecified atom stereocenters. The monoisotopic (exact) mass is 332 g/mol. The van der Waals surface area contributed by atoms with Crippen LogP contribution in [0.15, 0.2) is 18.2 Å². The number of hydrogen-bond acceptors (Lipinski definition) is 3. The highest BCUT2D eigenvalue weighted by Crippen LogP contribution is 2.22. The van der Waals surface area contributed by atoms with Crippen molar-refractivity contribution in [3.05, 3.63) is 28.2 Å². The van der Waals surface area contributed by atoms with E-state index in [1.54, 1.807) is 0 Å². The van der Waals surface area contributed by atoms with Crippen molar-refractivity contribution in [3.63, 3.8) is 0 Å². The van der Waals surface area contributed by atoms with Crippen LogP contribution in [0.5, 0.6) is 0 Å². The average molecular weight is 333 g/mol. The summed E-state index contributed by atoms with van der Waals surface area (Å²) < 4.78 is 0. The molecule has 1 rings (SSSR count). The van der Waals surface area contributed by atoms with Crippen molar-refractivity contribution in [1.82, 2.24) is 5.32 Å². The Morgan fingerprint density at radius 3 is 2.19 bits per heavy atom. The number of aliphatic hydroxyl groups is 1. The third-order valence-electron chi connectivity index (χ3n) is 2.89. The smallest absolute Gasteiger partial charge is 0.313 e. The molecular formula is C14H18Cl2N2O3. The van der Waals surface area contributed by atoms with Gasteiger partial charge in [0, 0.05) is 28.4 Å². The summed E-state index contributed by atoms with van der Waals surface area (Å²) in [6, 6.07) is 4.24. The molecule has 1 atom stereocenters. The highest BCUT2D eigenvalue weighted by molar-refractivity contribution is 6.40. The Hall–Kier alpha value is -1.30. The standard InChI is InChI=1S/C14H18Cl2N2O3/c1-8(2)12(3-4-19)18-14(21)13(20)17-11-6-9(15)5-10(16)7-11/h5-8,12,19H,3-4H2,1-2H3,(H,17,20)(H,18,21). The van der Waals surface area contributed by atoms with Crippen molar-refractivity contribution in [2.75, 3.05) is 11.9 Å². The molecule has 0 heterocycles. The number of benzene rings is 1. The molecule has 0 saturated carbocycles. The number of carbonyl (C=O) groups excluding carboxylic acids is 2. The van der Waals surface area contributed by atoms with Gasteiger partial charge in [-0.25, -0.2) is 0 Å². The second-order valence-corrected chi connectivity index (χ2v) is 5.82. The topological polar surface area (TPSA) is 78.4 Å². The molecule has 1 aromatic carbocycles. The van der Waals surface area contributed by atoms with Gasteiger partial charge in [-0.2, -0.15) is 0 Å². The van der Waals surface area contributed by atoms with Gasteiger partial charge in [-0.1, -0.05) is 37.0 Å². The molecule has 0 aliphatic rings. The van der Waals surface area contributed by atoms with Crippen molar-refractivity contribution < 1.29 is 14.7 Å². The maximum atomic E-state index is 11.8. The molecule has 0 aliphatic heterocycles. The molecule has 2 amide bonds. The van der Waals surface area contributed by atoms with Gasteiger partial charge in [0.2, 0.25) is 0 Å². The van der Waals surface area contributed by atoms with E-state index in [9.17, 15) is 9.59 Å². The third-order valence-corrected chi connectivity index (χ3v) is 3.32. The van der Waals surface area contributed by atoms with E-state index < -0.39 is 11.8 Å². The van der Waals surface area contributed by atoms with Crippen molar-refractivity contribution in [2.24, 2.45) is 5.92 Å². The molecule has 0 bridgehead atoms. The molecule has 0 aromatic heterocycles. The van der Waals surface area contributed by atoms with E-state index in [4.69, 9.17) is 28.3 Å². The van der Waals surface area contributed by atoms with Gasteiger partial charge in [-0.15, -0.1) is 0 Å². The summed E-state index contributed by atoms with van der Waals surface area (Å²) in [7, 11) is 0. The van der Waals surface area contributed by atoms with Crippen molar-refractivity contribution in [3.8, 4) is 0 Å². The predicted molar refractivity (Wildman–Crippen MR) is 83.6 cm³/mol.